The molecule has 0 atom stereocenters. The van der Waals surface area contributed by atoms with Gasteiger partial charge in [0.05, 0.1) is 16.6 Å². The fourth-order valence-electron chi connectivity index (χ4n) is 3.92. The molecule has 0 bridgehead atoms. The Hall–Kier alpha value is -4.80. The van der Waals surface area contributed by atoms with Gasteiger partial charge < -0.3 is 26.1 Å². The molecule has 0 unspecified atom stereocenters. The summed E-state index contributed by atoms with van der Waals surface area (Å²) in [4.78, 5) is 32.2. The van der Waals surface area contributed by atoms with Crippen molar-refractivity contribution in [2.24, 2.45) is 12.8 Å². The van der Waals surface area contributed by atoms with Crippen LogP contribution in [0.4, 0.5) is 20.3 Å². The Morgan fingerprint density at radius 3 is 2.39 bits per heavy atom. The van der Waals surface area contributed by atoms with E-state index in [1.54, 1.807) is 48.9 Å². The van der Waals surface area contributed by atoms with Crippen LogP contribution in [0, 0.1) is 0 Å². The van der Waals surface area contributed by atoms with E-state index in [4.69, 9.17) is 11.5 Å². The SMILES string of the molecule is C=C(C)C(=O)Nc1ccc(-c2c(-c3ccc(C(N)=O)c(OC(F)F)c3)c3c(N)ncnc3n2C)cc1. The third-order valence-corrected chi connectivity index (χ3v) is 5.55. The van der Waals surface area contributed by atoms with Crippen molar-refractivity contribution in [2.75, 3.05) is 11.1 Å². The zero-order valence-electron chi connectivity index (χ0n) is 19.4. The number of halogens is 2. The Labute approximate surface area is 204 Å². The highest BCUT2D eigenvalue weighted by molar-refractivity contribution is 6.08. The van der Waals surface area contributed by atoms with Crippen LogP contribution >= 0.6 is 0 Å². The van der Waals surface area contributed by atoms with Gasteiger partial charge in [0.2, 0.25) is 0 Å². The number of hydrogen-bond acceptors (Lipinski definition) is 6. The summed E-state index contributed by atoms with van der Waals surface area (Å²) >= 11 is 0. The minimum atomic E-state index is -3.17. The normalized spacial score (nSPS) is 11.0. The van der Waals surface area contributed by atoms with Crippen LogP contribution < -0.4 is 21.5 Å². The largest absolute Gasteiger partial charge is 0.434 e. The van der Waals surface area contributed by atoms with Crippen molar-refractivity contribution in [2.45, 2.75) is 13.5 Å². The second-order valence-electron chi connectivity index (χ2n) is 8.01. The molecule has 36 heavy (non-hydrogen) atoms. The maximum absolute atomic E-state index is 13.1. The van der Waals surface area contributed by atoms with Crippen LogP contribution in [0.1, 0.15) is 17.3 Å². The van der Waals surface area contributed by atoms with Gasteiger partial charge in [0.15, 0.2) is 0 Å². The van der Waals surface area contributed by atoms with Gasteiger partial charge in [0.25, 0.3) is 11.8 Å². The third kappa shape index (κ3) is 4.45. The summed E-state index contributed by atoms with van der Waals surface area (Å²) in [5.74, 6) is -1.41. The second-order valence-corrected chi connectivity index (χ2v) is 8.01. The Balaban J connectivity index is 1.94. The molecule has 0 aliphatic rings. The van der Waals surface area contributed by atoms with Gasteiger partial charge >= 0.3 is 6.61 Å². The van der Waals surface area contributed by atoms with Crippen LogP contribution in [-0.4, -0.2) is 33.0 Å². The van der Waals surface area contributed by atoms with E-state index in [2.05, 4.69) is 26.6 Å². The zero-order valence-corrected chi connectivity index (χ0v) is 19.4. The summed E-state index contributed by atoms with van der Waals surface area (Å²) in [5, 5.41) is 3.23. The molecule has 0 saturated carbocycles. The standard InChI is InChI=1S/C25H22F2N6O3/c1-12(2)24(35)32-15-7-4-13(5-8-15)20-18(19-21(28)30-11-31-23(19)33(20)3)14-6-9-16(22(29)34)17(10-14)36-25(26)27/h4-11,25H,1H2,2-3H3,(H2,29,34)(H,32,35)(H2,28,30,31). The molecule has 0 fully saturated rings. The lowest BCUT2D eigenvalue weighted by atomic mass is 9.97. The van der Waals surface area contributed by atoms with Gasteiger partial charge in [0, 0.05) is 23.9 Å². The lowest BCUT2D eigenvalue weighted by molar-refractivity contribution is -0.112. The zero-order chi connectivity index (χ0) is 26.1. The molecule has 4 aromatic rings. The molecule has 0 spiro atoms. The number of alkyl halides is 2. The topological polar surface area (TPSA) is 138 Å². The lowest BCUT2D eigenvalue weighted by Crippen LogP contribution is -2.14. The van der Waals surface area contributed by atoms with E-state index < -0.39 is 12.5 Å². The first-order valence-electron chi connectivity index (χ1n) is 10.6. The first-order chi connectivity index (χ1) is 17.1. The van der Waals surface area contributed by atoms with Gasteiger partial charge in [-0.15, -0.1) is 0 Å². The van der Waals surface area contributed by atoms with Gasteiger partial charge in [-0.25, -0.2) is 9.97 Å². The van der Waals surface area contributed by atoms with E-state index in [9.17, 15) is 18.4 Å². The summed E-state index contributed by atoms with van der Waals surface area (Å²) in [6.07, 6.45) is 1.32. The highest BCUT2D eigenvalue weighted by atomic mass is 19.3. The molecule has 0 aliphatic carbocycles. The molecule has 2 heterocycles. The molecule has 5 N–H and O–H groups in total. The number of nitrogens with one attached hydrogen (secondary N) is 1. The van der Waals surface area contributed by atoms with Crippen LogP contribution in [0.2, 0.25) is 0 Å². The Morgan fingerprint density at radius 1 is 1.11 bits per heavy atom. The highest BCUT2D eigenvalue weighted by Crippen LogP contribution is 2.43. The smallest absolute Gasteiger partial charge is 0.387 e. The first kappa shape index (κ1) is 24.3. The number of nitrogens with zero attached hydrogens (tertiary/aromatic N) is 3. The average molecular weight is 492 g/mol. The molecular weight excluding hydrogens is 470 g/mol. The van der Waals surface area contributed by atoms with Gasteiger partial charge in [0.1, 0.15) is 23.5 Å². The van der Waals surface area contributed by atoms with E-state index in [1.807, 2.05) is 0 Å². The summed E-state index contributed by atoms with van der Waals surface area (Å²) in [6.45, 7) is 2.06. The molecule has 0 aliphatic heterocycles. The van der Waals surface area contributed by atoms with E-state index in [1.165, 1.54) is 18.5 Å². The molecule has 11 heteroatoms. The monoisotopic (exact) mass is 492 g/mol. The summed E-state index contributed by atoms with van der Waals surface area (Å²) in [5.41, 5.74) is 15.1. The predicted molar refractivity (Wildman–Crippen MR) is 132 cm³/mol. The number of carbonyl (C=O) groups excluding carboxylic acids is 2. The lowest BCUT2D eigenvalue weighted by Gasteiger charge is -2.13. The number of nitrogens with two attached hydrogens (primary N) is 2. The van der Waals surface area contributed by atoms with E-state index >= 15 is 0 Å². The molecular formula is C25H22F2N6O3. The number of aryl methyl sites for hydroxylation is 1. The van der Waals surface area contributed by atoms with Crippen molar-refractivity contribution in [3.8, 4) is 28.1 Å². The number of ether oxygens (including phenoxy) is 1. The summed E-state index contributed by atoms with van der Waals surface area (Å²) in [6, 6.07) is 11.2. The van der Waals surface area contributed by atoms with Gasteiger partial charge in [-0.05, 0) is 42.3 Å². The molecule has 9 nitrogen and oxygen atoms in total. The summed E-state index contributed by atoms with van der Waals surface area (Å²) < 4.78 is 32.6. The van der Waals surface area contributed by atoms with Gasteiger partial charge in [-0.1, -0.05) is 24.8 Å². The van der Waals surface area contributed by atoms with E-state index in [-0.39, 0.29) is 23.0 Å². The predicted octanol–water partition coefficient (Wildman–Crippen LogP) is 4.10. The molecule has 2 aromatic carbocycles. The molecule has 0 saturated heterocycles. The summed E-state index contributed by atoms with van der Waals surface area (Å²) in [7, 11) is 1.78. The van der Waals surface area contributed by atoms with Crippen LogP contribution in [0.5, 0.6) is 5.75 Å². The van der Waals surface area contributed by atoms with Crippen LogP contribution in [0.3, 0.4) is 0 Å². The van der Waals surface area contributed by atoms with Crippen molar-refractivity contribution in [1.29, 1.82) is 0 Å². The van der Waals surface area contributed by atoms with Crippen LogP contribution in [-0.2, 0) is 11.8 Å². The third-order valence-electron chi connectivity index (χ3n) is 5.55. The number of carbonyl (C=O) groups is 2. The van der Waals surface area contributed by atoms with Crippen molar-refractivity contribution in [3.63, 3.8) is 0 Å². The van der Waals surface area contributed by atoms with Crippen molar-refractivity contribution < 1.29 is 23.1 Å². The Morgan fingerprint density at radius 2 is 1.78 bits per heavy atom. The number of primary amides is 1. The van der Waals surface area contributed by atoms with Crippen molar-refractivity contribution in [1.82, 2.24) is 14.5 Å². The van der Waals surface area contributed by atoms with Gasteiger partial charge in [-0.3, -0.25) is 9.59 Å². The molecule has 0 radical (unpaired) electrons. The molecule has 2 amide bonds. The van der Waals surface area contributed by atoms with Crippen molar-refractivity contribution >= 4 is 34.4 Å². The fourth-order valence-corrected chi connectivity index (χ4v) is 3.92. The number of amides is 2. The van der Waals surface area contributed by atoms with Gasteiger partial charge in [-0.2, -0.15) is 8.78 Å². The number of hydrogen-bond donors (Lipinski definition) is 3. The van der Waals surface area contributed by atoms with Crippen LogP contribution in [0.15, 0.2) is 60.9 Å². The first-order valence-corrected chi connectivity index (χ1v) is 10.6. The second kappa shape index (κ2) is 9.45. The molecule has 2 aromatic heterocycles. The highest BCUT2D eigenvalue weighted by Gasteiger charge is 2.24. The van der Waals surface area contributed by atoms with Crippen molar-refractivity contribution in [3.05, 3.63) is 66.5 Å². The van der Waals surface area contributed by atoms with Crippen LogP contribution in [0.25, 0.3) is 33.4 Å². The number of anilines is 2. The number of benzene rings is 2. The minimum absolute atomic E-state index is 0.178. The number of rotatable bonds is 7. The maximum Gasteiger partial charge on any atom is 0.387 e. The number of nitrogen functional groups attached to an aromatic ring is 1. The fraction of sp³-hybridized carbons (Fsp3) is 0.120. The molecule has 184 valence electrons. The Kier molecular flexibility index (Phi) is 6.39. The molecule has 4 rings (SSSR count). The van der Waals surface area contributed by atoms with E-state index in [0.29, 0.717) is 44.7 Å². The minimum Gasteiger partial charge on any atom is -0.434 e. The number of aromatic nitrogens is 3. The maximum atomic E-state index is 13.1. The quantitative estimate of drug-likeness (QED) is 0.332. The number of fused-ring (bicyclic) bond motifs is 1. The van der Waals surface area contributed by atoms with E-state index in [0.717, 1.165) is 0 Å². The average Bonchev–Trinajstić information content (AvgIpc) is 3.12. The Bertz CT molecular complexity index is 1510.